The maximum absolute atomic E-state index is 11.3. The number of anilines is 4. The van der Waals surface area contributed by atoms with Gasteiger partial charge >= 0.3 is 0 Å². The number of piperazine rings is 1. The van der Waals surface area contributed by atoms with Crippen molar-refractivity contribution in [3.8, 4) is 10.4 Å². The standard InChI is InChI=1S/C21H24N6OS/c1-15(28)24-17-5-3-4-16(12-17)19-14-23-21(29-19)25-20-13-18(6-7-22-20)27-10-8-26(2)9-11-27/h3-7,12-14H,8-11H2,1-2H3,(H,24,28)(H,22,23,25). The fraction of sp³-hybridized carbons (Fsp3) is 0.286. The Balaban J connectivity index is 1.47. The molecule has 0 unspecified atom stereocenters. The Hall–Kier alpha value is -2.97. The van der Waals surface area contributed by atoms with Crippen LogP contribution in [0.2, 0.25) is 0 Å². The molecule has 0 bridgehead atoms. The zero-order valence-electron chi connectivity index (χ0n) is 16.6. The maximum Gasteiger partial charge on any atom is 0.221 e. The van der Waals surface area contributed by atoms with Crippen molar-refractivity contribution in [1.29, 1.82) is 0 Å². The summed E-state index contributed by atoms with van der Waals surface area (Å²) in [6.07, 6.45) is 3.67. The van der Waals surface area contributed by atoms with E-state index < -0.39 is 0 Å². The van der Waals surface area contributed by atoms with E-state index >= 15 is 0 Å². The minimum absolute atomic E-state index is 0.0832. The van der Waals surface area contributed by atoms with Gasteiger partial charge in [-0.05, 0) is 30.8 Å². The molecule has 1 saturated heterocycles. The molecule has 8 heteroatoms. The average Bonchev–Trinajstić information content (AvgIpc) is 3.17. The molecule has 0 saturated carbocycles. The predicted octanol–water partition coefficient (Wildman–Crippen LogP) is 3.66. The number of nitrogens with one attached hydrogen (secondary N) is 2. The van der Waals surface area contributed by atoms with Crippen molar-refractivity contribution in [3.63, 3.8) is 0 Å². The zero-order chi connectivity index (χ0) is 20.2. The van der Waals surface area contributed by atoms with E-state index in [1.54, 1.807) is 11.3 Å². The van der Waals surface area contributed by atoms with Crippen molar-refractivity contribution in [2.45, 2.75) is 6.92 Å². The SMILES string of the molecule is CC(=O)Nc1cccc(-c2cnc(Nc3cc(N4CCN(C)CC4)ccn3)s2)c1. The third-order valence-electron chi connectivity index (χ3n) is 4.82. The number of carbonyl (C=O) groups is 1. The van der Waals surface area contributed by atoms with Crippen LogP contribution in [0.1, 0.15) is 6.92 Å². The smallest absolute Gasteiger partial charge is 0.221 e. The quantitative estimate of drug-likeness (QED) is 0.671. The maximum atomic E-state index is 11.3. The lowest BCUT2D eigenvalue weighted by Gasteiger charge is -2.34. The molecule has 3 aromatic rings. The van der Waals surface area contributed by atoms with E-state index in [2.05, 4.69) is 49.6 Å². The number of likely N-dealkylation sites (N-methyl/N-ethyl adjacent to an activating group) is 1. The van der Waals surface area contributed by atoms with Crippen LogP contribution in [0, 0.1) is 0 Å². The molecule has 1 fully saturated rings. The number of hydrogen-bond acceptors (Lipinski definition) is 7. The highest BCUT2D eigenvalue weighted by molar-refractivity contribution is 7.18. The first-order chi connectivity index (χ1) is 14.1. The number of aromatic nitrogens is 2. The summed E-state index contributed by atoms with van der Waals surface area (Å²) >= 11 is 1.55. The fourth-order valence-corrected chi connectivity index (χ4v) is 4.10. The molecule has 2 aromatic heterocycles. The Morgan fingerprint density at radius 2 is 1.93 bits per heavy atom. The summed E-state index contributed by atoms with van der Waals surface area (Å²) in [6.45, 7) is 5.68. The zero-order valence-corrected chi connectivity index (χ0v) is 17.4. The molecule has 1 aliphatic heterocycles. The summed E-state index contributed by atoms with van der Waals surface area (Å²) < 4.78 is 0. The third kappa shape index (κ3) is 4.90. The molecule has 0 radical (unpaired) electrons. The van der Waals surface area contributed by atoms with E-state index in [1.807, 2.05) is 36.7 Å². The average molecular weight is 409 g/mol. The lowest BCUT2D eigenvalue weighted by atomic mass is 10.2. The van der Waals surface area contributed by atoms with Gasteiger partial charge < -0.3 is 20.4 Å². The second kappa shape index (κ2) is 8.59. The highest BCUT2D eigenvalue weighted by Gasteiger charge is 2.15. The molecule has 2 N–H and O–H groups in total. The van der Waals surface area contributed by atoms with Crippen LogP contribution in [0.15, 0.2) is 48.8 Å². The first-order valence-electron chi connectivity index (χ1n) is 9.57. The summed E-state index contributed by atoms with van der Waals surface area (Å²) in [5, 5.41) is 6.92. The van der Waals surface area contributed by atoms with Crippen molar-refractivity contribution < 1.29 is 4.79 Å². The molecule has 1 aliphatic rings. The normalized spacial score (nSPS) is 14.6. The molecule has 1 aromatic carbocycles. The summed E-state index contributed by atoms with van der Waals surface area (Å²) in [5.74, 6) is 0.703. The van der Waals surface area contributed by atoms with E-state index in [-0.39, 0.29) is 5.91 Å². The number of nitrogens with zero attached hydrogens (tertiary/aromatic N) is 4. The number of carbonyl (C=O) groups excluding carboxylic acids is 1. The van der Waals surface area contributed by atoms with Crippen molar-refractivity contribution in [2.75, 3.05) is 48.8 Å². The molecule has 29 heavy (non-hydrogen) atoms. The molecule has 1 amide bonds. The Morgan fingerprint density at radius 1 is 1.10 bits per heavy atom. The topological polar surface area (TPSA) is 73.4 Å². The number of benzene rings is 1. The lowest BCUT2D eigenvalue weighted by molar-refractivity contribution is -0.114. The lowest BCUT2D eigenvalue weighted by Crippen LogP contribution is -2.44. The van der Waals surface area contributed by atoms with Crippen LogP contribution in [0.4, 0.5) is 22.3 Å². The second-order valence-corrected chi connectivity index (χ2v) is 8.14. The van der Waals surface area contributed by atoms with Crippen molar-refractivity contribution in [3.05, 3.63) is 48.8 Å². The second-order valence-electron chi connectivity index (χ2n) is 7.11. The Morgan fingerprint density at radius 3 is 2.72 bits per heavy atom. The molecule has 150 valence electrons. The molecular formula is C21H24N6OS. The van der Waals surface area contributed by atoms with E-state index in [9.17, 15) is 4.79 Å². The van der Waals surface area contributed by atoms with Crippen LogP contribution in [0.3, 0.4) is 0 Å². The molecule has 7 nitrogen and oxygen atoms in total. The number of rotatable bonds is 5. The van der Waals surface area contributed by atoms with Crippen LogP contribution < -0.4 is 15.5 Å². The van der Waals surface area contributed by atoms with Crippen LogP contribution >= 0.6 is 11.3 Å². The minimum atomic E-state index is -0.0832. The van der Waals surface area contributed by atoms with E-state index in [0.717, 1.165) is 53.3 Å². The van der Waals surface area contributed by atoms with E-state index in [1.165, 1.54) is 12.6 Å². The van der Waals surface area contributed by atoms with Gasteiger partial charge in [0, 0.05) is 62.9 Å². The van der Waals surface area contributed by atoms with Gasteiger partial charge in [0.25, 0.3) is 0 Å². The highest BCUT2D eigenvalue weighted by Crippen LogP contribution is 2.32. The monoisotopic (exact) mass is 408 g/mol. The minimum Gasteiger partial charge on any atom is -0.369 e. The summed E-state index contributed by atoms with van der Waals surface area (Å²) in [5.41, 5.74) is 2.97. The number of thiazole rings is 1. The van der Waals surface area contributed by atoms with Gasteiger partial charge in [-0.3, -0.25) is 4.79 Å². The van der Waals surface area contributed by atoms with E-state index in [4.69, 9.17) is 0 Å². The van der Waals surface area contributed by atoms with Gasteiger partial charge in [0.2, 0.25) is 5.91 Å². The summed E-state index contributed by atoms with van der Waals surface area (Å²) in [6, 6.07) is 11.9. The van der Waals surface area contributed by atoms with Gasteiger partial charge in [-0.15, -0.1) is 0 Å². The summed E-state index contributed by atoms with van der Waals surface area (Å²) in [7, 11) is 2.16. The molecule has 0 spiro atoms. The van der Waals surface area contributed by atoms with Gasteiger partial charge in [-0.25, -0.2) is 9.97 Å². The first kappa shape index (κ1) is 19.4. The molecule has 0 atom stereocenters. The van der Waals surface area contributed by atoms with Gasteiger partial charge in [0.1, 0.15) is 5.82 Å². The highest BCUT2D eigenvalue weighted by atomic mass is 32.1. The van der Waals surface area contributed by atoms with Crippen molar-refractivity contribution >= 4 is 39.6 Å². The predicted molar refractivity (Wildman–Crippen MR) is 119 cm³/mol. The Kier molecular flexibility index (Phi) is 5.73. The molecule has 4 rings (SSSR count). The number of pyridine rings is 1. The van der Waals surface area contributed by atoms with Gasteiger partial charge in [0.05, 0.1) is 4.88 Å². The molecule has 3 heterocycles. The fourth-order valence-electron chi connectivity index (χ4n) is 3.28. The first-order valence-corrected chi connectivity index (χ1v) is 10.4. The molecular weight excluding hydrogens is 384 g/mol. The number of amides is 1. The van der Waals surface area contributed by atoms with Gasteiger partial charge in [0.15, 0.2) is 5.13 Å². The third-order valence-corrected chi connectivity index (χ3v) is 5.78. The molecule has 0 aliphatic carbocycles. The summed E-state index contributed by atoms with van der Waals surface area (Å²) in [4.78, 5) is 26.0. The Bertz CT molecular complexity index is 996. The van der Waals surface area contributed by atoms with Crippen LogP contribution in [-0.2, 0) is 4.79 Å². The largest absolute Gasteiger partial charge is 0.369 e. The van der Waals surface area contributed by atoms with Crippen LogP contribution in [0.5, 0.6) is 0 Å². The van der Waals surface area contributed by atoms with Crippen molar-refractivity contribution in [1.82, 2.24) is 14.9 Å². The van der Waals surface area contributed by atoms with Gasteiger partial charge in [-0.1, -0.05) is 23.5 Å². The van der Waals surface area contributed by atoms with Crippen LogP contribution in [0.25, 0.3) is 10.4 Å². The van der Waals surface area contributed by atoms with Crippen molar-refractivity contribution in [2.24, 2.45) is 0 Å². The van der Waals surface area contributed by atoms with Crippen LogP contribution in [-0.4, -0.2) is 54.0 Å². The Labute approximate surface area is 174 Å². The van der Waals surface area contributed by atoms with E-state index in [0.29, 0.717) is 0 Å². The number of hydrogen-bond donors (Lipinski definition) is 2. The van der Waals surface area contributed by atoms with Gasteiger partial charge in [-0.2, -0.15) is 0 Å².